The van der Waals surface area contributed by atoms with Crippen molar-refractivity contribution < 1.29 is 24.1 Å². The van der Waals surface area contributed by atoms with Crippen molar-refractivity contribution in [3.8, 4) is 28.7 Å². The van der Waals surface area contributed by atoms with Crippen LogP contribution in [0.1, 0.15) is 5.56 Å². The number of fused-ring (bicyclic) bond motifs is 3. The standard InChI is InChI=1S/C18H15NO6/c1-22-10-5-8-3-4-19-14(8)12(16(10)23-2)9-6-11-17(25-7-24-11)15(20)13(9)18(19)21/h5-6,20H,3-4,7H2,1-2H3. The Kier molecular flexibility index (Phi) is 2.69. The van der Waals surface area contributed by atoms with E-state index in [9.17, 15) is 9.90 Å². The van der Waals surface area contributed by atoms with Gasteiger partial charge in [0.15, 0.2) is 23.0 Å². The Bertz CT molecular complexity index is 1130. The van der Waals surface area contributed by atoms with Crippen LogP contribution < -0.4 is 24.5 Å². The highest BCUT2D eigenvalue weighted by Crippen LogP contribution is 2.49. The molecule has 0 saturated heterocycles. The van der Waals surface area contributed by atoms with Gasteiger partial charge in [-0.25, -0.2) is 0 Å². The Balaban J connectivity index is 2.11. The number of benzene rings is 2. The van der Waals surface area contributed by atoms with Crippen molar-refractivity contribution in [2.45, 2.75) is 13.0 Å². The average Bonchev–Trinajstić information content (AvgIpc) is 3.25. The number of aromatic hydroxyl groups is 1. The van der Waals surface area contributed by atoms with Gasteiger partial charge in [0.25, 0.3) is 5.56 Å². The summed E-state index contributed by atoms with van der Waals surface area (Å²) < 4.78 is 23.5. The van der Waals surface area contributed by atoms with E-state index >= 15 is 0 Å². The lowest BCUT2D eigenvalue weighted by Gasteiger charge is -2.16. The zero-order valence-corrected chi connectivity index (χ0v) is 13.7. The number of phenolic OH excluding ortho intramolecular Hbond substituents is 1. The van der Waals surface area contributed by atoms with Crippen molar-refractivity contribution in [1.29, 1.82) is 0 Å². The van der Waals surface area contributed by atoms with Gasteiger partial charge in [-0.15, -0.1) is 0 Å². The predicted octanol–water partition coefficient (Wildman–Crippen LogP) is 2.16. The highest BCUT2D eigenvalue weighted by Gasteiger charge is 2.29. The van der Waals surface area contributed by atoms with Crippen LogP contribution in [0.25, 0.3) is 21.7 Å². The van der Waals surface area contributed by atoms with E-state index in [0.29, 0.717) is 29.2 Å². The van der Waals surface area contributed by atoms with Crippen LogP contribution in [0.15, 0.2) is 16.9 Å². The second-order valence-electron chi connectivity index (χ2n) is 6.08. The van der Waals surface area contributed by atoms with Gasteiger partial charge in [-0.05, 0) is 24.1 Å². The van der Waals surface area contributed by atoms with Gasteiger partial charge >= 0.3 is 0 Å². The van der Waals surface area contributed by atoms with Gasteiger partial charge in [0.05, 0.1) is 30.5 Å². The Morgan fingerprint density at radius 2 is 2.00 bits per heavy atom. The molecular formula is C18H15NO6. The molecule has 5 rings (SSSR count). The zero-order valence-electron chi connectivity index (χ0n) is 13.7. The number of phenols is 1. The second-order valence-corrected chi connectivity index (χ2v) is 6.08. The van der Waals surface area contributed by atoms with Gasteiger partial charge in [-0.3, -0.25) is 4.79 Å². The van der Waals surface area contributed by atoms with Crippen molar-refractivity contribution >= 4 is 21.7 Å². The lowest BCUT2D eigenvalue weighted by atomic mass is 10.0. The fourth-order valence-corrected chi connectivity index (χ4v) is 3.91. The molecule has 0 fully saturated rings. The first kappa shape index (κ1) is 14.3. The molecule has 3 aromatic rings. The summed E-state index contributed by atoms with van der Waals surface area (Å²) in [6.07, 6.45) is 0.718. The van der Waals surface area contributed by atoms with Crippen molar-refractivity contribution in [1.82, 2.24) is 4.57 Å². The molecule has 2 aliphatic heterocycles. The number of aromatic nitrogens is 1. The summed E-state index contributed by atoms with van der Waals surface area (Å²) in [4.78, 5) is 13.0. The molecule has 0 unspecified atom stereocenters. The van der Waals surface area contributed by atoms with E-state index in [1.54, 1.807) is 24.9 Å². The molecule has 1 aromatic heterocycles. The third-order valence-electron chi connectivity index (χ3n) is 4.96. The molecule has 7 nitrogen and oxygen atoms in total. The van der Waals surface area contributed by atoms with E-state index in [1.165, 1.54) is 0 Å². The lowest BCUT2D eigenvalue weighted by Crippen LogP contribution is -2.18. The summed E-state index contributed by atoms with van der Waals surface area (Å²) in [6, 6.07) is 3.63. The minimum Gasteiger partial charge on any atom is -0.504 e. The quantitative estimate of drug-likeness (QED) is 0.720. The summed E-state index contributed by atoms with van der Waals surface area (Å²) in [5.74, 6) is 1.54. The van der Waals surface area contributed by atoms with Crippen molar-refractivity contribution in [2.24, 2.45) is 0 Å². The smallest absolute Gasteiger partial charge is 0.262 e. The molecule has 0 spiro atoms. The van der Waals surface area contributed by atoms with Crippen LogP contribution in [0.3, 0.4) is 0 Å². The number of pyridine rings is 1. The Morgan fingerprint density at radius 3 is 2.76 bits per heavy atom. The maximum Gasteiger partial charge on any atom is 0.262 e. The monoisotopic (exact) mass is 341 g/mol. The fourth-order valence-electron chi connectivity index (χ4n) is 3.91. The number of rotatable bonds is 2. The van der Waals surface area contributed by atoms with Crippen LogP contribution in [0, 0.1) is 0 Å². The molecule has 0 atom stereocenters. The second kappa shape index (κ2) is 4.72. The van der Waals surface area contributed by atoms with Crippen molar-refractivity contribution in [3.05, 3.63) is 28.0 Å². The Labute approximate surface area is 141 Å². The SMILES string of the molecule is COc1cc2c3c(c1OC)c1cc4c(c(O)c1c(=O)n3CC2)OCO4. The minimum atomic E-state index is -0.246. The summed E-state index contributed by atoms with van der Waals surface area (Å²) in [5.41, 5.74) is 1.58. The summed E-state index contributed by atoms with van der Waals surface area (Å²) in [5, 5.41) is 12.2. The normalized spacial score (nSPS) is 14.5. The summed E-state index contributed by atoms with van der Waals surface area (Å²) in [7, 11) is 3.14. The molecule has 1 N–H and O–H groups in total. The first-order chi connectivity index (χ1) is 12.2. The van der Waals surface area contributed by atoms with Crippen molar-refractivity contribution in [3.63, 3.8) is 0 Å². The van der Waals surface area contributed by atoms with E-state index in [1.807, 2.05) is 6.07 Å². The number of ether oxygens (including phenoxy) is 4. The number of aryl methyl sites for hydroxylation is 2. The first-order valence-corrected chi connectivity index (χ1v) is 7.91. The third kappa shape index (κ3) is 1.62. The van der Waals surface area contributed by atoms with Crippen LogP contribution in [0.2, 0.25) is 0 Å². The van der Waals surface area contributed by atoms with Crippen molar-refractivity contribution in [2.75, 3.05) is 21.0 Å². The summed E-state index contributed by atoms with van der Waals surface area (Å²) in [6.45, 7) is 0.557. The third-order valence-corrected chi connectivity index (χ3v) is 4.96. The topological polar surface area (TPSA) is 79.2 Å². The molecule has 0 bridgehead atoms. The van der Waals surface area contributed by atoms with Gasteiger partial charge in [-0.1, -0.05) is 0 Å². The maximum absolute atomic E-state index is 13.0. The van der Waals surface area contributed by atoms with Crippen LogP contribution in [-0.4, -0.2) is 30.7 Å². The Hall–Kier alpha value is -3.09. The number of methoxy groups -OCH3 is 2. The van der Waals surface area contributed by atoms with E-state index < -0.39 is 0 Å². The first-order valence-electron chi connectivity index (χ1n) is 7.91. The van der Waals surface area contributed by atoms with Gasteiger partial charge in [0.1, 0.15) is 0 Å². The van der Waals surface area contributed by atoms with Gasteiger partial charge < -0.3 is 28.6 Å². The molecule has 0 saturated carbocycles. The molecule has 7 heteroatoms. The van der Waals surface area contributed by atoms with E-state index in [0.717, 1.165) is 22.9 Å². The van der Waals surface area contributed by atoms with Crippen LogP contribution in [0.5, 0.6) is 28.7 Å². The minimum absolute atomic E-state index is 0.0110. The van der Waals surface area contributed by atoms with Gasteiger partial charge in [0.2, 0.25) is 12.5 Å². The van der Waals surface area contributed by atoms with E-state index in [4.69, 9.17) is 18.9 Å². The number of hydrogen-bond donors (Lipinski definition) is 1. The molecule has 0 aliphatic carbocycles. The molecule has 0 radical (unpaired) electrons. The molecule has 3 heterocycles. The Morgan fingerprint density at radius 1 is 1.16 bits per heavy atom. The van der Waals surface area contributed by atoms with Gasteiger partial charge in [0, 0.05) is 11.9 Å². The molecule has 128 valence electrons. The molecule has 25 heavy (non-hydrogen) atoms. The largest absolute Gasteiger partial charge is 0.504 e. The predicted molar refractivity (Wildman–Crippen MR) is 90.3 cm³/mol. The zero-order chi connectivity index (χ0) is 17.3. The van der Waals surface area contributed by atoms with Crippen LogP contribution >= 0.6 is 0 Å². The molecule has 0 amide bonds. The highest BCUT2D eigenvalue weighted by molar-refractivity contribution is 6.14. The van der Waals surface area contributed by atoms with Gasteiger partial charge in [-0.2, -0.15) is 0 Å². The number of nitrogens with zero attached hydrogens (tertiary/aromatic N) is 1. The highest BCUT2D eigenvalue weighted by atomic mass is 16.7. The van der Waals surface area contributed by atoms with Crippen LogP contribution in [-0.2, 0) is 13.0 Å². The fraction of sp³-hybridized carbons (Fsp3) is 0.278. The lowest BCUT2D eigenvalue weighted by molar-refractivity contribution is 0.171. The van der Waals surface area contributed by atoms with E-state index in [2.05, 4.69) is 0 Å². The average molecular weight is 341 g/mol. The summed E-state index contributed by atoms with van der Waals surface area (Å²) >= 11 is 0. The number of hydrogen-bond acceptors (Lipinski definition) is 6. The molecule has 2 aromatic carbocycles. The molecular weight excluding hydrogens is 326 g/mol. The maximum atomic E-state index is 13.0. The van der Waals surface area contributed by atoms with Crippen LogP contribution in [0.4, 0.5) is 0 Å². The van der Waals surface area contributed by atoms with E-state index in [-0.39, 0.29) is 29.2 Å². The molecule has 2 aliphatic rings.